The van der Waals surface area contributed by atoms with E-state index >= 15 is 0 Å². The van der Waals surface area contributed by atoms with Crippen LogP contribution in [0.4, 0.5) is 0 Å². The van der Waals surface area contributed by atoms with E-state index in [0.29, 0.717) is 31.7 Å². The van der Waals surface area contributed by atoms with E-state index in [9.17, 15) is 14.4 Å². The van der Waals surface area contributed by atoms with Crippen molar-refractivity contribution >= 4 is 17.3 Å². The molecule has 0 amide bonds. The van der Waals surface area contributed by atoms with Gasteiger partial charge in [0.15, 0.2) is 0 Å². The van der Waals surface area contributed by atoms with Crippen molar-refractivity contribution < 1.29 is 19.1 Å². The van der Waals surface area contributed by atoms with E-state index < -0.39 is 5.92 Å². The molecular formula is C27H34O4. The zero-order valence-electron chi connectivity index (χ0n) is 19.3. The van der Waals surface area contributed by atoms with E-state index in [1.807, 2.05) is 26.0 Å². The Morgan fingerprint density at radius 2 is 1.68 bits per heavy atom. The number of ketones is 3. The van der Waals surface area contributed by atoms with Gasteiger partial charge >= 0.3 is 0 Å². The molecule has 0 saturated heterocycles. The molecule has 4 nitrogen and oxygen atoms in total. The highest BCUT2D eigenvalue weighted by molar-refractivity contribution is 6.10. The Bertz CT molecular complexity index is 879. The number of rotatable bonds is 6. The van der Waals surface area contributed by atoms with E-state index in [1.54, 1.807) is 14.0 Å². The molecular weight excluding hydrogens is 388 g/mol. The van der Waals surface area contributed by atoms with Gasteiger partial charge in [0.2, 0.25) is 0 Å². The second-order valence-corrected chi connectivity index (χ2v) is 9.45. The third-order valence-electron chi connectivity index (χ3n) is 7.17. The molecule has 1 spiro atoms. The molecule has 1 aromatic rings. The number of carbonyl (C=O) groups excluding carboxylic acids is 3. The quantitative estimate of drug-likeness (QED) is 0.373. The van der Waals surface area contributed by atoms with Gasteiger partial charge in [-0.15, -0.1) is 5.92 Å². The van der Waals surface area contributed by atoms with Crippen LogP contribution in [0.1, 0.15) is 86.5 Å². The summed E-state index contributed by atoms with van der Waals surface area (Å²) in [6.45, 7) is 6.34. The van der Waals surface area contributed by atoms with Crippen LogP contribution >= 0.6 is 0 Å². The second kappa shape index (κ2) is 9.92. The van der Waals surface area contributed by atoms with E-state index in [0.717, 1.165) is 54.4 Å². The third kappa shape index (κ3) is 5.15. The Morgan fingerprint density at radius 3 is 2.19 bits per heavy atom. The van der Waals surface area contributed by atoms with Gasteiger partial charge in [-0.25, -0.2) is 0 Å². The molecule has 0 radical (unpaired) electrons. The number of ether oxygens (including phenoxy) is 1. The molecule has 2 aliphatic rings. The van der Waals surface area contributed by atoms with Crippen molar-refractivity contribution in [3.8, 4) is 11.8 Å². The van der Waals surface area contributed by atoms with Crippen molar-refractivity contribution in [3.63, 3.8) is 0 Å². The summed E-state index contributed by atoms with van der Waals surface area (Å²) in [6, 6.07) is 3.95. The van der Waals surface area contributed by atoms with Gasteiger partial charge in [0.1, 0.15) is 23.3 Å². The average molecular weight is 423 g/mol. The minimum Gasteiger partial charge on any atom is -0.385 e. The number of hydrogen-bond acceptors (Lipinski definition) is 4. The van der Waals surface area contributed by atoms with Crippen LogP contribution in [-0.2, 0) is 19.1 Å². The Kier molecular flexibility index (Phi) is 7.49. The maximum Gasteiger partial charge on any atom is 0.148 e. The van der Waals surface area contributed by atoms with E-state index in [-0.39, 0.29) is 22.9 Å². The number of Topliss-reactive ketones (excluding diaryl/α,β-unsaturated/α-hetero) is 3. The smallest absolute Gasteiger partial charge is 0.148 e. The monoisotopic (exact) mass is 422 g/mol. The number of carbonyl (C=O) groups is 3. The van der Waals surface area contributed by atoms with Gasteiger partial charge in [-0.3, -0.25) is 14.4 Å². The maximum absolute atomic E-state index is 13.3. The molecule has 2 saturated carbocycles. The van der Waals surface area contributed by atoms with Crippen LogP contribution in [0.25, 0.3) is 0 Å². The van der Waals surface area contributed by atoms with Gasteiger partial charge in [0.05, 0.1) is 0 Å². The van der Waals surface area contributed by atoms with Crippen LogP contribution in [-0.4, -0.2) is 31.1 Å². The van der Waals surface area contributed by atoms with Crippen molar-refractivity contribution in [1.29, 1.82) is 0 Å². The first-order valence-electron chi connectivity index (χ1n) is 11.4. The average Bonchev–Trinajstić information content (AvgIpc) is 2.70. The predicted molar refractivity (Wildman–Crippen MR) is 121 cm³/mol. The Morgan fingerprint density at radius 1 is 1.10 bits per heavy atom. The first kappa shape index (κ1) is 23.4. The zero-order chi connectivity index (χ0) is 22.6. The summed E-state index contributed by atoms with van der Waals surface area (Å²) >= 11 is 0. The van der Waals surface area contributed by atoms with Gasteiger partial charge in [-0.1, -0.05) is 5.92 Å². The predicted octanol–water partition coefficient (Wildman–Crippen LogP) is 4.86. The first-order chi connectivity index (χ1) is 14.8. The molecule has 0 aromatic heterocycles. The van der Waals surface area contributed by atoms with E-state index in [1.165, 1.54) is 0 Å². The van der Waals surface area contributed by atoms with Gasteiger partial charge in [0, 0.05) is 44.5 Å². The molecule has 3 rings (SSSR count). The van der Waals surface area contributed by atoms with Gasteiger partial charge in [0.25, 0.3) is 0 Å². The lowest BCUT2D eigenvalue weighted by molar-refractivity contribution is -0.138. The molecule has 2 fully saturated rings. The maximum atomic E-state index is 13.3. The Labute approximate surface area is 186 Å². The van der Waals surface area contributed by atoms with Crippen LogP contribution in [0.3, 0.4) is 0 Å². The Balaban J connectivity index is 1.70. The molecule has 2 aliphatic carbocycles. The lowest BCUT2D eigenvalue weighted by Crippen LogP contribution is -2.42. The largest absolute Gasteiger partial charge is 0.385 e. The summed E-state index contributed by atoms with van der Waals surface area (Å²) in [4.78, 5) is 39.0. The number of aryl methyl sites for hydroxylation is 2. The summed E-state index contributed by atoms with van der Waals surface area (Å²) in [5, 5.41) is 0. The van der Waals surface area contributed by atoms with Gasteiger partial charge in [-0.05, 0) is 87.1 Å². The molecule has 0 heterocycles. The molecule has 166 valence electrons. The molecule has 0 atom stereocenters. The van der Waals surface area contributed by atoms with Crippen molar-refractivity contribution in [2.45, 2.75) is 78.1 Å². The lowest BCUT2D eigenvalue weighted by atomic mass is 9.59. The van der Waals surface area contributed by atoms with Crippen LogP contribution in [0, 0.1) is 37.0 Å². The topological polar surface area (TPSA) is 60.4 Å². The molecule has 0 aliphatic heterocycles. The van der Waals surface area contributed by atoms with Crippen molar-refractivity contribution in [1.82, 2.24) is 0 Å². The summed E-state index contributed by atoms with van der Waals surface area (Å²) in [6.07, 6.45) is 5.38. The van der Waals surface area contributed by atoms with Crippen molar-refractivity contribution in [3.05, 3.63) is 34.4 Å². The fourth-order valence-corrected chi connectivity index (χ4v) is 5.65. The summed E-state index contributed by atoms with van der Waals surface area (Å²) in [5.74, 6) is 5.78. The second-order valence-electron chi connectivity index (χ2n) is 9.45. The van der Waals surface area contributed by atoms with Gasteiger partial charge in [-0.2, -0.15) is 0 Å². The summed E-state index contributed by atoms with van der Waals surface area (Å²) in [5.41, 5.74) is 3.47. The number of hydrogen-bond donors (Lipinski definition) is 0. The summed E-state index contributed by atoms with van der Waals surface area (Å²) < 4.78 is 5.04. The molecule has 0 bridgehead atoms. The van der Waals surface area contributed by atoms with Crippen LogP contribution < -0.4 is 0 Å². The fraction of sp³-hybridized carbons (Fsp3) is 0.593. The zero-order valence-corrected chi connectivity index (χ0v) is 19.3. The van der Waals surface area contributed by atoms with E-state index in [4.69, 9.17) is 4.74 Å². The van der Waals surface area contributed by atoms with Crippen LogP contribution in [0.2, 0.25) is 0 Å². The molecule has 0 N–H and O–H groups in total. The first-order valence-corrected chi connectivity index (χ1v) is 11.4. The van der Waals surface area contributed by atoms with Gasteiger partial charge < -0.3 is 4.74 Å². The Hall–Kier alpha value is -2.25. The number of methoxy groups -OCH3 is 1. The van der Waals surface area contributed by atoms with Crippen LogP contribution in [0.15, 0.2) is 12.1 Å². The number of benzene rings is 1. The highest BCUT2D eigenvalue weighted by Gasteiger charge is 2.48. The minimum absolute atomic E-state index is 0.0432. The summed E-state index contributed by atoms with van der Waals surface area (Å²) in [7, 11) is 1.65. The highest BCUT2D eigenvalue weighted by Crippen LogP contribution is 2.50. The van der Waals surface area contributed by atoms with Crippen molar-refractivity contribution in [2.24, 2.45) is 11.3 Å². The van der Waals surface area contributed by atoms with Crippen molar-refractivity contribution in [2.75, 3.05) is 13.7 Å². The lowest BCUT2D eigenvalue weighted by Gasteiger charge is -2.43. The molecule has 1 aromatic carbocycles. The standard InChI is InChI=1S/C27H34O4/c1-5-7-20-14-18(2)25(19(3)15-20)26-23(29)16-27(17-24(26)30)11-9-21(10-12-27)22(28)8-6-13-31-4/h14-15,21,26H,6,8-13,16-17H2,1-4H3. The highest BCUT2D eigenvalue weighted by atomic mass is 16.5. The third-order valence-corrected chi connectivity index (χ3v) is 7.17. The normalized spacial score (nSPS) is 25.9. The van der Waals surface area contributed by atoms with Crippen LogP contribution in [0.5, 0.6) is 0 Å². The van der Waals surface area contributed by atoms with E-state index in [2.05, 4.69) is 11.8 Å². The SMILES string of the molecule is CC#Cc1cc(C)c(C2C(=O)CC3(CCC(C(=O)CCCOC)CC3)CC2=O)c(C)c1. The minimum atomic E-state index is -0.650. The molecule has 4 heteroatoms. The molecule has 0 unspecified atom stereocenters. The fourth-order valence-electron chi connectivity index (χ4n) is 5.65. The molecule has 31 heavy (non-hydrogen) atoms.